The molecule has 0 aromatic carbocycles. The van der Waals surface area contributed by atoms with Gasteiger partial charge in [-0.15, -0.1) is 0 Å². The van der Waals surface area contributed by atoms with Crippen molar-refractivity contribution in [1.82, 2.24) is 0 Å². The van der Waals surface area contributed by atoms with Gasteiger partial charge in [-0.3, -0.25) is 4.79 Å². The van der Waals surface area contributed by atoms with E-state index >= 15 is 0 Å². The molecule has 0 rings (SSSR count). The van der Waals surface area contributed by atoms with Crippen molar-refractivity contribution < 1.29 is 28.7 Å². The topological polar surface area (TPSA) is 91.3 Å². The van der Waals surface area contributed by atoms with Gasteiger partial charge in [-0.05, 0) is 13.8 Å². The van der Waals surface area contributed by atoms with Crippen molar-refractivity contribution >= 4 is 23.4 Å². The molecule has 7 heteroatoms. The second-order valence-corrected chi connectivity index (χ2v) is 2.80. The molecule has 0 aromatic rings. The second-order valence-electron chi connectivity index (χ2n) is 2.80. The van der Waals surface area contributed by atoms with Crippen molar-refractivity contribution in [3.63, 3.8) is 0 Å². The van der Waals surface area contributed by atoms with E-state index in [1.54, 1.807) is 13.8 Å². The molecule has 0 amide bonds. The molecule has 0 atom stereocenters. The number of ether oxygens (including phenoxy) is 2. The van der Waals surface area contributed by atoms with Crippen LogP contribution in [0.5, 0.6) is 0 Å². The van der Waals surface area contributed by atoms with Gasteiger partial charge in [0, 0.05) is 6.92 Å². The second kappa shape index (κ2) is 8.26. The summed E-state index contributed by atoms with van der Waals surface area (Å²) < 4.78 is 9.14. The predicted octanol–water partition coefficient (Wildman–Crippen LogP) is 0.0742. The van der Waals surface area contributed by atoms with E-state index in [1.807, 2.05) is 0 Å². The number of esters is 2. The van der Waals surface area contributed by atoms with Gasteiger partial charge in [0.1, 0.15) is 0 Å². The number of Topliss-reactive ketones (excluding diaryl/α,β-unsaturated/α-hetero) is 1. The van der Waals surface area contributed by atoms with Crippen LogP contribution in [0.4, 0.5) is 0 Å². The summed E-state index contributed by atoms with van der Waals surface area (Å²) in [7, 11) is 0. The maximum Gasteiger partial charge on any atom is 0.364 e. The molecule has 17 heavy (non-hydrogen) atoms. The van der Waals surface area contributed by atoms with Crippen LogP contribution in [0.1, 0.15) is 20.8 Å². The molecular weight excluding hydrogens is 230 g/mol. The van der Waals surface area contributed by atoms with E-state index in [4.69, 9.17) is 0 Å². The molecule has 0 saturated heterocycles. The number of ketones is 1. The van der Waals surface area contributed by atoms with Crippen LogP contribution < -0.4 is 0 Å². The highest BCUT2D eigenvalue weighted by molar-refractivity contribution is 6.63. The maximum atomic E-state index is 11.2. The third kappa shape index (κ3) is 6.29. The average molecular weight is 245 g/mol. The molecular formula is C10H15NO6. The van der Waals surface area contributed by atoms with E-state index < -0.39 is 30.0 Å². The van der Waals surface area contributed by atoms with Gasteiger partial charge in [0.2, 0.25) is 12.3 Å². The fourth-order valence-corrected chi connectivity index (χ4v) is 0.797. The monoisotopic (exact) mass is 245 g/mol. The van der Waals surface area contributed by atoms with Crippen molar-refractivity contribution in [3.8, 4) is 0 Å². The highest BCUT2D eigenvalue weighted by Crippen LogP contribution is 1.91. The first-order valence-electron chi connectivity index (χ1n) is 5.06. The summed E-state index contributed by atoms with van der Waals surface area (Å²) in [6.07, 6.45) is 0. The summed E-state index contributed by atoms with van der Waals surface area (Å²) in [5, 5.41) is 3.26. The van der Waals surface area contributed by atoms with E-state index in [0.29, 0.717) is 0 Å². The Bertz CT molecular complexity index is 323. The lowest BCUT2D eigenvalue weighted by Gasteiger charge is -2.03. The maximum absolute atomic E-state index is 11.2. The molecule has 0 aromatic heterocycles. The highest BCUT2D eigenvalue weighted by Gasteiger charge is 2.19. The summed E-state index contributed by atoms with van der Waals surface area (Å²) >= 11 is 0. The standard InChI is InChI=1S/C10H15NO6/c1-4-15-8(13)6-17-11-9(7(3)12)10(14)16-5-2/h4-6H2,1-3H3. The van der Waals surface area contributed by atoms with E-state index in [9.17, 15) is 14.4 Å². The van der Waals surface area contributed by atoms with Gasteiger partial charge in [-0.25, -0.2) is 9.59 Å². The molecule has 0 fully saturated rings. The number of hydrogen-bond donors (Lipinski definition) is 0. The highest BCUT2D eigenvalue weighted by atomic mass is 16.7. The molecule has 0 aliphatic carbocycles. The van der Waals surface area contributed by atoms with Crippen LogP contribution in [-0.2, 0) is 28.7 Å². The Morgan fingerprint density at radius 2 is 1.65 bits per heavy atom. The van der Waals surface area contributed by atoms with E-state index in [2.05, 4.69) is 19.5 Å². The zero-order valence-corrected chi connectivity index (χ0v) is 10.0. The Kier molecular flexibility index (Phi) is 7.32. The molecule has 0 N–H and O–H groups in total. The molecule has 0 aliphatic rings. The first-order valence-corrected chi connectivity index (χ1v) is 5.06. The van der Waals surface area contributed by atoms with Crippen molar-refractivity contribution in [3.05, 3.63) is 0 Å². The van der Waals surface area contributed by atoms with Gasteiger partial charge in [0.15, 0.2) is 5.78 Å². The number of nitrogens with zero attached hydrogens (tertiary/aromatic N) is 1. The molecule has 0 bridgehead atoms. The van der Waals surface area contributed by atoms with Crippen molar-refractivity contribution in [1.29, 1.82) is 0 Å². The Hall–Kier alpha value is -1.92. The lowest BCUT2D eigenvalue weighted by Crippen LogP contribution is -2.25. The average Bonchev–Trinajstić information content (AvgIpc) is 2.24. The lowest BCUT2D eigenvalue weighted by molar-refractivity contribution is -0.148. The smallest absolute Gasteiger partial charge is 0.364 e. The van der Waals surface area contributed by atoms with Crippen LogP contribution >= 0.6 is 0 Å². The van der Waals surface area contributed by atoms with Crippen LogP contribution in [0.2, 0.25) is 0 Å². The van der Waals surface area contributed by atoms with Crippen LogP contribution in [0.15, 0.2) is 5.16 Å². The number of carbonyl (C=O) groups excluding carboxylic acids is 3. The van der Waals surface area contributed by atoms with E-state index in [-0.39, 0.29) is 13.2 Å². The zero-order chi connectivity index (χ0) is 13.3. The Labute approximate surface area is 98.7 Å². The molecule has 0 unspecified atom stereocenters. The number of rotatable bonds is 7. The van der Waals surface area contributed by atoms with Gasteiger partial charge in [-0.1, -0.05) is 5.16 Å². The van der Waals surface area contributed by atoms with Crippen LogP contribution in [-0.4, -0.2) is 43.3 Å². The molecule has 7 nitrogen and oxygen atoms in total. The molecule has 0 saturated carbocycles. The molecule has 0 spiro atoms. The first kappa shape index (κ1) is 15.1. The summed E-state index contributed by atoms with van der Waals surface area (Å²) in [5.74, 6) is -2.13. The van der Waals surface area contributed by atoms with Crippen LogP contribution in [0.3, 0.4) is 0 Å². The Balaban J connectivity index is 4.36. The minimum Gasteiger partial charge on any atom is -0.463 e. The number of hydrogen-bond acceptors (Lipinski definition) is 7. The largest absolute Gasteiger partial charge is 0.463 e. The Morgan fingerprint density at radius 3 is 2.12 bits per heavy atom. The molecule has 0 heterocycles. The minimum absolute atomic E-state index is 0.114. The fourth-order valence-electron chi connectivity index (χ4n) is 0.797. The Morgan fingerprint density at radius 1 is 1.06 bits per heavy atom. The predicted molar refractivity (Wildman–Crippen MR) is 57.3 cm³/mol. The molecule has 0 aliphatic heterocycles. The fraction of sp³-hybridized carbons (Fsp3) is 0.600. The normalized spacial score (nSPS) is 10.6. The summed E-state index contributed by atoms with van der Waals surface area (Å²) in [6.45, 7) is 4.23. The third-order valence-corrected chi connectivity index (χ3v) is 1.45. The number of carbonyl (C=O) groups is 3. The van der Waals surface area contributed by atoms with Crippen LogP contribution in [0, 0.1) is 0 Å². The first-order chi connectivity index (χ1) is 8.02. The van der Waals surface area contributed by atoms with E-state index in [1.165, 1.54) is 0 Å². The zero-order valence-electron chi connectivity index (χ0n) is 10.0. The quantitative estimate of drug-likeness (QED) is 0.273. The van der Waals surface area contributed by atoms with Crippen molar-refractivity contribution in [2.24, 2.45) is 5.16 Å². The van der Waals surface area contributed by atoms with Gasteiger partial charge in [0.25, 0.3) is 0 Å². The van der Waals surface area contributed by atoms with Gasteiger partial charge in [-0.2, -0.15) is 0 Å². The van der Waals surface area contributed by atoms with Crippen LogP contribution in [0.25, 0.3) is 0 Å². The SMILES string of the molecule is CCOC(=O)CON=C(C(C)=O)C(=O)OCC. The lowest BCUT2D eigenvalue weighted by atomic mass is 10.3. The summed E-state index contributed by atoms with van der Waals surface area (Å²) in [6, 6.07) is 0. The summed E-state index contributed by atoms with van der Waals surface area (Å²) in [4.78, 5) is 37.7. The minimum atomic E-state index is -0.885. The van der Waals surface area contributed by atoms with Gasteiger partial charge < -0.3 is 14.3 Å². The van der Waals surface area contributed by atoms with Crippen molar-refractivity contribution in [2.75, 3.05) is 19.8 Å². The van der Waals surface area contributed by atoms with Gasteiger partial charge >= 0.3 is 11.9 Å². The van der Waals surface area contributed by atoms with E-state index in [0.717, 1.165) is 6.92 Å². The van der Waals surface area contributed by atoms with Crippen molar-refractivity contribution in [2.45, 2.75) is 20.8 Å². The number of oxime groups is 1. The molecule has 96 valence electrons. The molecule has 0 radical (unpaired) electrons. The third-order valence-electron chi connectivity index (χ3n) is 1.45. The van der Waals surface area contributed by atoms with Gasteiger partial charge in [0.05, 0.1) is 13.2 Å². The summed E-state index contributed by atoms with van der Waals surface area (Å²) in [5.41, 5.74) is -0.490.